The van der Waals surface area contributed by atoms with Crippen LogP contribution < -0.4 is 5.32 Å². The Morgan fingerprint density at radius 2 is 0.908 bits per heavy atom. The van der Waals surface area contributed by atoms with Crippen LogP contribution in [0.15, 0.2) is 109 Å². The van der Waals surface area contributed by atoms with Crippen molar-refractivity contribution >= 4 is 19.7 Å². The lowest BCUT2D eigenvalue weighted by molar-refractivity contribution is -0.870. The fourth-order valence-corrected chi connectivity index (χ4v) is 9.05. The number of carbonyl (C=O) groups excluding carboxylic acids is 2. The van der Waals surface area contributed by atoms with E-state index in [0.29, 0.717) is 17.4 Å². The van der Waals surface area contributed by atoms with Gasteiger partial charge in [-0.15, -0.1) is 0 Å². The van der Waals surface area contributed by atoms with Gasteiger partial charge in [-0.1, -0.05) is 246 Å². The van der Waals surface area contributed by atoms with Crippen molar-refractivity contribution < 1.29 is 37.3 Å². The fourth-order valence-electron chi connectivity index (χ4n) is 8.32. The van der Waals surface area contributed by atoms with Crippen LogP contribution in [0.4, 0.5) is 0 Å². The van der Waals surface area contributed by atoms with Gasteiger partial charge in [-0.25, -0.2) is 4.57 Å². The molecule has 0 aromatic heterocycles. The van der Waals surface area contributed by atoms with Crippen LogP contribution in [-0.2, 0) is 27.9 Å². The maximum Gasteiger partial charge on any atom is 0.472 e. The highest BCUT2D eigenvalue weighted by Crippen LogP contribution is 2.43. The van der Waals surface area contributed by atoms with Gasteiger partial charge in [0.25, 0.3) is 0 Å². The molecule has 0 aromatic carbocycles. The Hall–Kier alpha value is -3.33. The SMILES string of the molecule is CC/C=C\C/C=C\C/C=C\C/C=C\C/C=C\CCCCCCCCCC(=O)NC(COP(=O)(O)OCC[N+](C)(C)C)C(/C=C\CCCCCCCCCCCC)OC(=O)CCCCCCCCC/C=C/C=C/C=C/CC. The van der Waals surface area contributed by atoms with E-state index in [1.807, 2.05) is 33.3 Å². The zero-order valence-electron chi connectivity index (χ0n) is 49.7. The summed E-state index contributed by atoms with van der Waals surface area (Å²) in [4.78, 5) is 37.7. The number of likely N-dealkylation sites (N-methyl/N-ethyl adjacent to an activating group) is 1. The number of hydrogen-bond donors (Lipinski definition) is 2. The minimum absolute atomic E-state index is 0.0301. The van der Waals surface area contributed by atoms with Crippen molar-refractivity contribution in [3.8, 4) is 0 Å². The summed E-state index contributed by atoms with van der Waals surface area (Å²) in [5.41, 5.74) is 0. The van der Waals surface area contributed by atoms with E-state index < -0.39 is 20.0 Å². The van der Waals surface area contributed by atoms with Gasteiger partial charge in [0, 0.05) is 12.8 Å². The Morgan fingerprint density at radius 3 is 1.41 bits per heavy atom. The summed E-state index contributed by atoms with van der Waals surface area (Å²) < 4.78 is 30.7. The number of ether oxygens (including phenoxy) is 1. The van der Waals surface area contributed by atoms with Crippen LogP contribution in [-0.4, -0.2) is 74.3 Å². The number of phosphoric acid groups is 1. The highest BCUT2D eigenvalue weighted by atomic mass is 31.2. The van der Waals surface area contributed by atoms with Gasteiger partial charge in [0.05, 0.1) is 33.8 Å². The number of phosphoric ester groups is 1. The molecule has 1 amide bonds. The average Bonchev–Trinajstić information content (AvgIpc) is 3.38. The number of unbranched alkanes of at least 4 members (excludes halogenated alkanes) is 24. The number of hydrogen-bond acceptors (Lipinski definition) is 6. The maximum atomic E-state index is 13.5. The van der Waals surface area contributed by atoms with E-state index in [9.17, 15) is 19.0 Å². The van der Waals surface area contributed by atoms with Gasteiger partial charge < -0.3 is 19.4 Å². The molecule has 0 aliphatic carbocycles. The number of allylic oxidation sites excluding steroid dienone is 17. The number of nitrogens with zero attached hydrogens (tertiary/aromatic N) is 1. The third-order valence-corrected chi connectivity index (χ3v) is 14.0. The van der Waals surface area contributed by atoms with Gasteiger partial charge in [-0.2, -0.15) is 0 Å². The molecule has 0 radical (unpaired) electrons. The molecule has 10 heteroatoms. The number of quaternary nitrogens is 1. The number of carbonyl (C=O) groups is 2. The molecule has 0 spiro atoms. The lowest BCUT2D eigenvalue weighted by Gasteiger charge is -2.27. The summed E-state index contributed by atoms with van der Waals surface area (Å²) >= 11 is 0. The third-order valence-electron chi connectivity index (χ3n) is 13.0. The van der Waals surface area contributed by atoms with E-state index in [4.69, 9.17) is 13.8 Å². The Kier molecular flexibility index (Phi) is 52.6. The summed E-state index contributed by atoms with van der Waals surface area (Å²) in [5, 5.41) is 3.05. The van der Waals surface area contributed by atoms with Gasteiger partial charge in [-0.05, 0) is 96.0 Å². The number of amides is 1. The molecule has 0 saturated carbocycles. The smallest absolute Gasteiger partial charge is 0.456 e. The molecule has 9 nitrogen and oxygen atoms in total. The van der Waals surface area contributed by atoms with Gasteiger partial charge in [0.1, 0.15) is 19.3 Å². The summed E-state index contributed by atoms with van der Waals surface area (Å²) in [6.07, 6.45) is 75.1. The van der Waals surface area contributed by atoms with Crippen LogP contribution in [0, 0.1) is 0 Å². The summed E-state index contributed by atoms with van der Waals surface area (Å²) in [6.45, 7) is 6.74. The highest BCUT2D eigenvalue weighted by Gasteiger charge is 2.30. The molecular formula is C66H116N2O7P+. The van der Waals surface area contributed by atoms with Crippen molar-refractivity contribution in [3.05, 3.63) is 109 Å². The van der Waals surface area contributed by atoms with Crippen LogP contribution >= 0.6 is 7.82 Å². The molecule has 0 aromatic rings. The first-order chi connectivity index (χ1) is 36.9. The van der Waals surface area contributed by atoms with E-state index in [-0.39, 0.29) is 31.5 Å². The van der Waals surface area contributed by atoms with Gasteiger partial charge >= 0.3 is 13.8 Å². The van der Waals surface area contributed by atoms with E-state index in [1.54, 1.807) is 0 Å². The Balaban J connectivity index is 5.26. The lowest BCUT2D eigenvalue weighted by Crippen LogP contribution is -2.47. The van der Waals surface area contributed by atoms with E-state index in [2.05, 4.69) is 123 Å². The van der Waals surface area contributed by atoms with Crippen molar-refractivity contribution in [1.29, 1.82) is 0 Å². The number of nitrogens with one attached hydrogen (secondary N) is 1. The molecule has 0 aliphatic rings. The topological polar surface area (TPSA) is 111 Å². The predicted octanol–water partition coefficient (Wildman–Crippen LogP) is 18.9. The standard InChI is InChI=1S/C66H115N2O7P/c1-7-10-13-16-19-22-25-28-30-31-32-33-34-35-36-37-39-40-43-46-49-52-55-58-65(69)67-63(62-74-76(71,72)73-61-60-68(4,5)6)64(57-54-51-48-45-42-27-24-21-18-15-12-9-3)75-66(70)59-56-53-50-47-44-41-38-29-26-23-20-17-14-11-8-2/h10-11,13-14,17,19-20,22-23,26,28,30,32-33,35-36,54,57,63-64H,7-9,12,15-16,18,21,24-25,27,29,31,34,37-53,55-56,58-62H2,1-6H3,(H-,67,69,71,72)/p+1/b13-10-,14-11+,20-17+,22-19-,26-23+,30-28-,33-32-,36-35-,57-54-. The number of esters is 1. The summed E-state index contributed by atoms with van der Waals surface area (Å²) in [5.74, 6) is -0.538. The van der Waals surface area contributed by atoms with Crippen LogP contribution in [0.5, 0.6) is 0 Å². The lowest BCUT2D eigenvalue weighted by atomic mass is 10.0. The Morgan fingerprint density at radius 1 is 0.487 bits per heavy atom. The molecule has 436 valence electrons. The maximum absolute atomic E-state index is 13.5. The molecule has 2 N–H and O–H groups in total. The quantitative estimate of drug-likeness (QED) is 0.0156. The second-order valence-electron chi connectivity index (χ2n) is 21.5. The van der Waals surface area contributed by atoms with Gasteiger partial charge in [0.2, 0.25) is 5.91 Å². The van der Waals surface area contributed by atoms with Crippen molar-refractivity contribution in [3.63, 3.8) is 0 Å². The fraction of sp³-hybridized carbons (Fsp3) is 0.697. The molecule has 3 atom stereocenters. The summed E-state index contributed by atoms with van der Waals surface area (Å²) in [7, 11) is 1.46. The minimum atomic E-state index is -4.46. The second-order valence-corrected chi connectivity index (χ2v) is 23.0. The van der Waals surface area contributed by atoms with Crippen LogP contribution in [0.1, 0.15) is 245 Å². The molecule has 0 saturated heterocycles. The molecule has 0 bridgehead atoms. The molecule has 0 aliphatic heterocycles. The summed E-state index contributed by atoms with van der Waals surface area (Å²) in [6, 6.07) is -0.866. The van der Waals surface area contributed by atoms with Crippen LogP contribution in [0.2, 0.25) is 0 Å². The Labute approximate surface area is 468 Å². The molecule has 0 rings (SSSR count). The number of rotatable bonds is 54. The highest BCUT2D eigenvalue weighted by molar-refractivity contribution is 7.47. The first kappa shape index (κ1) is 72.7. The molecule has 0 fully saturated rings. The van der Waals surface area contributed by atoms with Gasteiger partial charge in [0.15, 0.2) is 0 Å². The zero-order chi connectivity index (χ0) is 55.7. The second kappa shape index (κ2) is 55.0. The minimum Gasteiger partial charge on any atom is -0.456 e. The van der Waals surface area contributed by atoms with Crippen molar-refractivity contribution in [2.75, 3.05) is 40.9 Å². The normalized spacial score (nSPS) is 14.5. The third kappa shape index (κ3) is 55.4. The average molecular weight is 1080 g/mol. The van der Waals surface area contributed by atoms with E-state index in [1.165, 1.54) is 89.9 Å². The van der Waals surface area contributed by atoms with Crippen LogP contribution in [0.3, 0.4) is 0 Å². The van der Waals surface area contributed by atoms with Crippen molar-refractivity contribution in [2.45, 2.75) is 258 Å². The van der Waals surface area contributed by atoms with Crippen molar-refractivity contribution in [1.82, 2.24) is 5.32 Å². The van der Waals surface area contributed by atoms with Crippen LogP contribution in [0.25, 0.3) is 0 Å². The van der Waals surface area contributed by atoms with E-state index in [0.717, 1.165) is 122 Å². The molecule has 3 unspecified atom stereocenters. The first-order valence-corrected chi connectivity index (χ1v) is 32.2. The van der Waals surface area contributed by atoms with Crippen molar-refractivity contribution in [2.24, 2.45) is 0 Å². The predicted molar refractivity (Wildman–Crippen MR) is 327 cm³/mol. The molecule has 76 heavy (non-hydrogen) atoms. The first-order valence-electron chi connectivity index (χ1n) is 30.7. The Bertz CT molecular complexity index is 1670. The van der Waals surface area contributed by atoms with E-state index >= 15 is 0 Å². The molecule has 0 heterocycles. The van der Waals surface area contributed by atoms with Gasteiger partial charge in [-0.3, -0.25) is 18.6 Å². The zero-order valence-corrected chi connectivity index (χ0v) is 50.6. The molecular weight excluding hydrogens is 964 g/mol. The largest absolute Gasteiger partial charge is 0.472 e. The monoisotopic (exact) mass is 1080 g/mol.